The molecule has 0 aromatic carbocycles. The third kappa shape index (κ3) is 3.08. The van der Waals surface area contributed by atoms with E-state index < -0.39 is 0 Å². The molecule has 0 radical (unpaired) electrons. The van der Waals surface area contributed by atoms with Gasteiger partial charge in [0.05, 0.1) is 6.04 Å². The lowest BCUT2D eigenvalue weighted by atomic mass is 10.3. The Hall–Kier alpha value is -1.52. The molecule has 1 aromatic rings. The van der Waals surface area contributed by atoms with E-state index in [0.29, 0.717) is 0 Å². The van der Waals surface area contributed by atoms with Gasteiger partial charge in [-0.05, 0) is 20.8 Å². The van der Waals surface area contributed by atoms with Crippen LogP contribution in [0.15, 0.2) is 12.4 Å². The van der Waals surface area contributed by atoms with Gasteiger partial charge in [-0.15, -0.1) is 0 Å². The number of hydrogen-bond donors (Lipinski definition) is 3. The number of hydrogen-bond acceptors (Lipinski definition) is 2. The van der Waals surface area contributed by atoms with E-state index in [9.17, 15) is 4.79 Å². The van der Waals surface area contributed by atoms with Crippen molar-refractivity contribution in [3.8, 4) is 0 Å². The standard InChI is InChI=1S/C9H16N4O/c1-6(2)12-9(14)13-7(3)8-10-4-5-11-8/h4-7H,1-3H3,(H,10,11)(H2,12,13,14). The fourth-order valence-electron chi connectivity index (χ4n) is 1.08. The molecule has 3 N–H and O–H groups in total. The van der Waals surface area contributed by atoms with Crippen LogP contribution in [0.5, 0.6) is 0 Å². The highest BCUT2D eigenvalue weighted by atomic mass is 16.2. The van der Waals surface area contributed by atoms with Gasteiger partial charge in [-0.3, -0.25) is 0 Å². The van der Waals surface area contributed by atoms with Crippen LogP contribution in [0.4, 0.5) is 4.79 Å². The van der Waals surface area contributed by atoms with Crippen molar-refractivity contribution in [2.45, 2.75) is 32.9 Å². The van der Waals surface area contributed by atoms with E-state index in [4.69, 9.17) is 0 Å². The maximum Gasteiger partial charge on any atom is 0.315 e. The number of imidazole rings is 1. The van der Waals surface area contributed by atoms with Crippen LogP contribution in [-0.2, 0) is 0 Å². The Morgan fingerprint density at radius 3 is 2.64 bits per heavy atom. The van der Waals surface area contributed by atoms with Gasteiger partial charge in [-0.2, -0.15) is 0 Å². The molecule has 0 saturated carbocycles. The maximum atomic E-state index is 11.3. The van der Waals surface area contributed by atoms with Crippen LogP contribution in [0.3, 0.4) is 0 Å². The molecule has 1 heterocycles. The first-order chi connectivity index (χ1) is 6.59. The van der Waals surface area contributed by atoms with E-state index in [1.54, 1.807) is 12.4 Å². The smallest absolute Gasteiger partial charge is 0.315 e. The first-order valence-corrected chi connectivity index (χ1v) is 4.66. The van der Waals surface area contributed by atoms with Gasteiger partial charge in [-0.25, -0.2) is 9.78 Å². The zero-order valence-electron chi connectivity index (χ0n) is 8.66. The molecule has 1 rings (SSSR count). The average molecular weight is 196 g/mol. The Bertz CT molecular complexity index is 281. The number of carbonyl (C=O) groups excluding carboxylic acids is 1. The quantitative estimate of drug-likeness (QED) is 0.679. The molecule has 0 bridgehead atoms. The molecule has 1 atom stereocenters. The van der Waals surface area contributed by atoms with Crippen LogP contribution in [0.25, 0.3) is 0 Å². The summed E-state index contributed by atoms with van der Waals surface area (Å²) in [4.78, 5) is 18.3. The summed E-state index contributed by atoms with van der Waals surface area (Å²) < 4.78 is 0. The first-order valence-electron chi connectivity index (χ1n) is 4.66. The van der Waals surface area contributed by atoms with E-state index in [1.807, 2.05) is 20.8 Å². The lowest BCUT2D eigenvalue weighted by molar-refractivity contribution is 0.235. The van der Waals surface area contributed by atoms with Crippen molar-refractivity contribution >= 4 is 6.03 Å². The molecule has 0 saturated heterocycles. The molecule has 5 nitrogen and oxygen atoms in total. The highest BCUT2D eigenvalue weighted by molar-refractivity contribution is 5.74. The van der Waals surface area contributed by atoms with Crippen molar-refractivity contribution in [1.29, 1.82) is 0 Å². The van der Waals surface area contributed by atoms with E-state index in [2.05, 4.69) is 20.6 Å². The molecule has 2 amide bonds. The molecule has 0 fully saturated rings. The van der Waals surface area contributed by atoms with Crippen molar-refractivity contribution in [2.24, 2.45) is 0 Å². The molecule has 1 aromatic heterocycles. The van der Waals surface area contributed by atoms with Crippen molar-refractivity contribution in [1.82, 2.24) is 20.6 Å². The number of aromatic nitrogens is 2. The predicted molar refractivity (Wildman–Crippen MR) is 53.8 cm³/mol. The molecule has 0 aliphatic heterocycles. The minimum atomic E-state index is -0.177. The van der Waals surface area contributed by atoms with E-state index in [1.165, 1.54) is 0 Å². The molecular weight excluding hydrogens is 180 g/mol. The Kier molecular flexibility index (Phi) is 3.50. The van der Waals surface area contributed by atoms with Crippen molar-refractivity contribution < 1.29 is 4.79 Å². The van der Waals surface area contributed by atoms with Crippen molar-refractivity contribution in [3.05, 3.63) is 18.2 Å². The fourth-order valence-corrected chi connectivity index (χ4v) is 1.08. The van der Waals surface area contributed by atoms with E-state index in [-0.39, 0.29) is 18.1 Å². The van der Waals surface area contributed by atoms with E-state index >= 15 is 0 Å². The Morgan fingerprint density at radius 1 is 1.43 bits per heavy atom. The average Bonchev–Trinajstić information content (AvgIpc) is 2.53. The van der Waals surface area contributed by atoms with Gasteiger partial charge < -0.3 is 15.6 Å². The molecule has 0 aliphatic carbocycles. The molecule has 5 heteroatoms. The van der Waals surface area contributed by atoms with Crippen LogP contribution in [0, 0.1) is 0 Å². The SMILES string of the molecule is CC(C)NC(=O)NC(C)c1ncc[nH]1. The van der Waals surface area contributed by atoms with Gasteiger partial charge >= 0.3 is 6.03 Å². The highest BCUT2D eigenvalue weighted by Gasteiger charge is 2.10. The number of amides is 2. The van der Waals surface area contributed by atoms with Gasteiger partial charge in [0.2, 0.25) is 0 Å². The number of nitrogens with zero attached hydrogens (tertiary/aromatic N) is 1. The van der Waals surface area contributed by atoms with Crippen LogP contribution in [0.2, 0.25) is 0 Å². The molecular formula is C9H16N4O. The lowest BCUT2D eigenvalue weighted by Crippen LogP contribution is -2.40. The van der Waals surface area contributed by atoms with Crippen LogP contribution in [0.1, 0.15) is 32.6 Å². The van der Waals surface area contributed by atoms with Gasteiger partial charge in [0.15, 0.2) is 0 Å². The summed E-state index contributed by atoms with van der Waals surface area (Å²) in [6, 6.07) is -0.147. The molecule has 1 unspecified atom stereocenters. The van der Waals surface area contributed by atoms with Crippen molar-refractivity contribution in [3.63, 3.8) is 0 Å². The topological polar surface area (TPSA) is 69.8 Å². The summed E-state index contributed by atoms with van der Waals surface area (Å²) in [7, 11) is 0. The third-order valence-corrected chi connectivity index (χ3v) is 1.70. The minimum absolute atomic E-state index is 0.108. The summed E-state index contributed by atoms with van der Waals surface area (Å²) in [5, 5.41) is 5.51. The summed E-state index contributed by atoms with van der Waals surface area (Å²) >= 11 is 0. The Balaban J connectivity index is 2.41. The molecule has 0 spiro atoms. The molecule has 0 aliphatic rings. The molecule has 14 heavy (non-hydrogen) atoms. The second kappa shape index (κ2) is 4.64. The normalized spacial score (nSPS) is 12.6. The Morgan fingerprint density at radius 2 is 2.14 bits per heavy atom. The molecule has 78 valence electrons. The second-order valence-electron chi connectivity index (χ2n) is 3.47. The third-order valence-electron chi connectivity index (χ3n) is 1.70. The van der Waals surface area contributed by atoms with Crippen LogP contribution < -0.4 is 10.6 Å². The van der Waals surface area contributed by atoms with Crippen molar-refractivity contribution in [2.75, 3.05) is 0 Å². The van der Waals surface area contributed by atoms with E-state index in [0.717, 1.165) is 5.82 Å². The summed E-state index contributed by atoms with van der Waals surface area (Å²) in [5.74, 6) is 0.754. The zero-order valence-corrected chi connectivity index (χ0v) is 8.66. The number of nitrogens with one attached hydrogen (secondary N) is 3. The van der Waals surface area contributed by atoms with Gasteiger partial charge in [0.25, 0.3) is 0 Å². The van der Waals surface area contributed by atoms with Gasteiger partial charge in [0, 0.05) is 18.4 Å². The van der Waals surface area contributed by atoms with Gasteiger partial charge in [-0.1, -0.05) is 0 Å². The summed E-state index contributed by atoms with van der Waals surface area (Å²) in [6.07, 6.45) is 3.39. The number of H-pyrrole nitrogens is 1. The largest absolute Gasteiger partial charge is 0.347 e. The predicted octanol–water partition coefficient (Wildman–Crippen LogP) is 1.18. The maximum absolute atomic E-state index is 11.3. The highest BCUT2D eigenvalue weighted by Crippen LogP contribution is 2.04. The lowest BCUT2D eigenvalue weighted by Gasteiger charge is -2.14. The minimum Gasteiger partial charge on any atom is -0.347 e. The second-order valence-corrected chi connectivity index (χ2v) is 3.47. The van der Waals surface area contributed by atoms with Crippen LogP contribution in [-0.4, -0.2) is 22.0 Å². The first kappa shape index (κ1) is 10.6. The monoisotopic (exact) mass is 196 g/mol. The number of rotatable bonds is 3. The summed E-state index contributed by atoms with van der Waals surface area (Å²) in [5.41, 5.74) is 0. The van der Waals surface area contributed by atoms with Gasteiger partial charge in [0.1, 0.15) is 5.82 Å². The number of carbonyl (C=O) groups is 1. The number of urea groups is 1. The number of aromatic amines is 1. The Labute approximate surface area is 83.3 Å². The fraction of sp³-hybridized carbons (Fsp3) is 0.556. The zero-order chi connectivity index (χ0) is 10.6. The van der Waals surface area contributed by atoms with Crippen LogP contribution >= 0.6 is 0 Å². The summed E-state index contributed by atoms with van der Waals surface area (Å²) in [6.45, 7) is 5.70.